The number of nitrogens with zero attached hydrogens (tertiary/aromatic N) is 4. The first-order chi connectivity index (χ1) is 9.72. The van der Waals surface area contributed by atoms with Gasteiger partial charge in [-0.2, -0.15) is 15.0 Å². The van der Waals surface area contributed by atoms with E-state index in [1.807, 2.05) is 29.2 Å². The Labute approximate surface area is 129 Å². The molecule has 1 unspecified atom stereocenters. The van der Waals surface area contributed by atoms with Gasteiger partial charge in [-0.1, -0.05) is 18.6 Å². The van der Waals surface area contributed by atoms with Crippen LogP contribution in [0.3, 0.4) is 0 Å². The zero-order chi connectivity index (χ0) is 13.9. The molecule has 1 aliphatic heterocycles. The van der Waals surface area contributed by atoms with Crippen molar-refractivity contribution in [3.8, 4) is 0 Å². The van der Waals surface area contributed by atoms with Gasteiger partial charge in [0.25, 0.3) is 0 Å². The standard InChI is InChI=1S/C14H19N5O.ClH/c15-11-5-3-4-8-18(9-11)14(20)10-19-16-12-6-1-2-7-13(12)17-19;/h1-2,6-7,11H,3-5,8-10,15H2;1H. The van der Waals surface area contributed by atoms with Crippen molar-refractivity contribution >= 4 is 29.3 Å². The molecule has 0 radical (unpaired) electrons. The summed E-state index contributed by atoms with van der Waals surface area (Å²) in [7, 11) is 0. The summed E-state index contributed by atoms with van der Waals surface area (Å²) < 4.78 is 0. The fourth-order valence-electron chi connectivity index (χ4n) is 2.60. The minimum atomic E-state index is 0. The Morgan fingerprint density at radius 1 is 1.24 bits per heavy atom. The van der Waals surface area contributed by atoms with Crippen molar-refractivity contribution in [2.75, 3.05) is 13.1 Å². The predicted octanol–water partition coefficient (Wildman–Crippen LogP) is 1.19. The van der Waals surface area contributed by atoms with Crippen LogP contribution < -0.4 is 5.73 Å². The Hall–Kier alpha value is -1.66. The molecular weight excluding hydrogens is 290 g/mol. The van der Waals surface area contributed by atoms with E-state index in [4.69, 9.17) is 5.73 Å². The number of hydrogen-bond acceptors (Lipinski definition) is 4. The minimum Gasteiger partial charge on any atom is -0.339 e. The van der Waals surface area contributed by atoms with Gasteiger partial charge in [0.1, 0.15) is 17.6 Å². The number of hydrogen-bond donors (Lipinski definition) is 1. The second kappa shape index (κ2) is 6.87. The van der Waals surface area contributed by atoms with E-state index in [1.54, 1.807) is 0 Å². The Kier molecular flexibility index (Phi) is 5.14. The van der Waals surface area contributed by atoms with E-state index in [0.29, 0.717) is 6.54 Å². The molecule has 0 aliphatic carbocycles. The van der Waals surface area contributed by atoms with Crippen LogP contribution in [0.15, 0.2) is 24.3 Å². The lowest BCUT2D eigenvalue weighted by atomic mass is 10.2. The molecule has 0 bridgehead atoms. The van der Waals surface area contributed by atoms with Crippen LogP contribution in [0.4, 0.5) is 0 Å². The van der Waals surface area contributed by atoms with Crippen molar-refractivity contribution in [1.29, 1.82) is 0 Å². The van der Waals surface area contributed by atoms with Gasteiger partial charge in [0.05, 0.1) is 0 Å². The Morgan fingerprint density at radius 3 is 2.57 bits per heavy atom. The molecule has 6 nitrogen and oxygen atoms in total. The van der Waals surface area contributed by atoms with Crippen LogP contribution in [0.2, 0.25) is 0 Å². The third-order valence-electron chi connectivity index (χ3n) is 3.67. The molecule has 1 aliphatic rings. The van der Waals surface area contributed by atoms with Gasteiger partial charge in [-0.25, -0.2) is 0 Å². The first kappa shape index (κ1) is 15.7. The molecule has 2 N–H and O–H groups in total. The van der Waals surface area contributed by atoms with E-state index in [2.05, 4.69) is 10.2 Å². The van der Waals surface area contributed by atoms with Gasteiger partial charge in [-0.15, -0.1) is 12.4 Å². The second-order valence-electron chi connectivity index (χ2n) is 5.31. The van der Waals surface area contributed by atoms with Gasteiger partial charge in [0, 0.05) is 19.1 Å². The first-order valence-electron chi connectivity index (χ1n) is 7.05. The molecule has 1 amide bonds. The van der Waals surface area contributed by atoms with Crippen molar-refractivity contribution in [2.45, 2.75) is 31.8 Å². The van der Waals surface area contributed by atoms with Crippen LogP contribution in [-0.2, 0) is 11.3 Å². The molecule has 1 fully saturated rings. The predicted molar refractivity (Wildman–Crippen MR) is 83.2 cm³/mol. The summed E-state index contributed by atoms with van der Waals surface area (Å²) in [5.74, 6) is 0.0441. The number of nitrogens with two attached hydrogens (primary N) is 1. The molecule has 1 saturated heterocycles. The van der Waals surface area contributed by atoms with Crippen LogP contribution in [0.1, 0.15) is 19.3 Å². The van der Waals surface area contributed by atoms with Crippen molar-refractivity contribution in [2.24, 2.45) is 5.73 Å². The molecule has 3 rings (SSSR count). The number of aromatic nitrogens is 3. The SMILES string of the molecule is Cl.NC1CCCCN(C(=O)Cn2nc3ccccc3n2)C1. The molecule has 7 heteroatoms. The monoisotopic (exact) mass is 309 g/mol. The maximum atomic E-state index is 12.3. The van der Waals surface area contributed by atoms with Crippen molar-refractivity contribution in [3.05, 3.63) is 24.3 Å². The summed E-state index contributed by atoms with van der Waals surface area (Å²) in [6.45, 7) is 1.61. The Bertz CT molecular complexity index is 581. The van der Waals surface area contributed by atoms with E-state index >= 15 is 0 Å². The smallest absolute Gasteiger partial charge is 0.246 e. The molecule has 21 heavy (non-hydrogen) atoms. The van der Waals surface area contributed by atoms with Crippen LogP contribution in [0.25, 0.3) is 11.0 Å². The number of rotatable bonds is 2. The number of carbonyl (C=O) groups is 1. The number of benzene rings is 1. The normalized spacial score (nSPS) is 19.1. The topological polar surface area (TPSA) is 77.0 Å². The summed E-state index contributed by atoms with van der Waals surface area (Å²) in [4.78, 5) is 15.6. The Morgan fingerprint density at radius 2 is 1.90 bits per heavy atom. The summed E-state index contributed by atoms with van der Waals surface area (Å²) in [5.41, 5.74) is 7.61. The number of halogens is 1. The maximum Gasteiger partial charge on any atom is 0.246 e. The average molecular weight is 310 g/mol. The second-order valence-corrected chi connectivity index (χ2v) is 5.31. The van der Waals surface area contributed by atoms with E-state index in [9.17, 15) is 4.79 Å². The average Bonchev–Trinajstić information content (AvgIpc) is 2.71. The summed E-state index contributed by atoms with van der Waals surface area (Å²) >= 11 is 0. The summed E-state index contributed by atoms with van der Waals surface area (Å²) in [5, 5.41) is 8.63. The number of fused-ring (bicyclic) bond motifs is 1. The van der Waals surface area contributed by atoms with Crippen molar-refractivity contribution in [3.63, 3.8) is 0 Å². The van der Waals surface area contributed by atoms with Gasteiger partial charge >= 0.3 is 0 Å². The third kappa shape index (κ3) is 3.71. The van der Waals surface area contributed by atoms with Gasteiger partial charge in [0.15, 0.2) is 0 Å². The summed E-state index contributed by atoms with van der Waals surface area (Å²) in [6, 6.07) is 7.70. The number of amides is 1. The van der Waals surface area contributed by atoms with Gasteiger partial charge in [0.2, 0.25) is 5.91 Å². The highest BCUT2D eigenvalue weighted by Gasteiger charge is 2.20. The van der Waals surface area contributed by atoms with E-state index in [-0.39, 0.29) is 30.9 Å². The van der Waals surface area contributed by atoms with E-state index < -0.39 is 0 Å². The molecule has 1 aromatic heterocycles. The quantitative estimate of drug-likeness (QED) is 0.904. The highest BCUT2D eigenvalue weighted by Crippen LogP contribution is 2.11. The van der Waals surface area contributed by atoms with Crippen LogP contribution in [0.5, 0.6) is 0 Å². The lowest BCUT2D eigenvalue weighted by Crippen LogP contribution is -2.41. The van der Waals surface area contributed by atoms with Crippen molar-refractivity contribution in [1.82, 2.24) is 19.9 Å². The number of likely N-dealkylation sites (tertiary alicyclic amines) is 1. The first-order valence-corrected chi connectivity index (χ1v) is 7.05. The van der Waals surface area contributed by atoms with Gasteiger partial charge in [-0.05, 0) is 25.0 Å². The molecule has 114 valence electrons. The van der Waals surface area contributed by atoms with Crippen molar-refractivity contribution < 1.29 is 4.79 Å². The molecule has 2 heterocycles. The van der Waals surface area contributed by atoms with E-state index in [0.717, 1.165) is 36.8 Å². The Balaban J connectivity index is 0.00000161. The molecule has 1 aromatic carbocycles. The number of carbonyl (C=O) groups excluding carboxylic acids is 1. The highest BCUT2D eigenvalue weighted by atomic mass is 35.5. The molecular formula is C14H20ClN5O. The molecule has 0 spiro atoms. The highest BCUT2D eigenvalue weighted by molar-refractivity contribution is 5.85. The zero-order valence-electron chi connectivity index (χ0n) is 11.8. The lowest BCUT2D eigenvalue weighted by molar-refractivity contribution is -0.132. The van der Waals surface area contributed by atoms with Gasteiger partial charge < -0.3 is 10.6 Å². The molecule has 0 saturated carbocycles. The fraction of sp³-hybridized carbons (Fsp3) is 0.500. The lowest BCUT2D eigenvalue weighted by Gasteiger charge is -2.22. The van der Waals surface area contributed by atoms with Crippen LogP contribution >= 0.6 is 12.4 Å². The fourth-order valence-corrected chi connectivity index (χ4v) is 2.60. The maximum absolute atomic E-state index is 12.3. The molecule has 2 aromatic rings. The minimum absolute atomic E-state index is 0. The zero-order valence-corrected chi connectivity index (χ0v) is 12.6. The van der Waals surface area contributed by atoms with Gasteiger partial charge in [-0.3, -0.25) is 4.79 Å². The molecule has 1 atom stereocenters. The van der Waals surface area contributed by atoms with Crippen LogP contribution in [0, 0.1) is 0 Å². The van der Waals surface area contributed by atoms with E-state index in [1.165, 1.54) is 4.80 Å². The largest absolute Gasteiger partial charge is 0.339 e. The summed E-state index contributed by atoms with van der Waals surface area (Å²) in [6.07, 6.45) is 3.11. The van der Waals surface area contributed by atoms with Crippen LogP contribution in [-0.4, -0.2) is 44.9 Å². The third-order valence-corrected chi connectivity index (χ3v) is 3.67.